The van der Waals surface area contributed by atoms with Gasteiger partial charge in [0.2, 0.25) is 0 Å². The lowest BCUT2D eigenvalue weighted by Gasteiger charge is -2.23. The number of rotatable bonds is 6. The Bertz CT molecular complexity index is 752. The number of benzene rings is 2. The van der Waals surface area contributed by atoms with Crippen LogP contribution in [0.2, 0.25) is 0 Å². The Morgan fingerprint density at radius 1 is 1.08 bits per heavy atom. The van der Waals surface area contributed by atoms with E-state index in [2.05, 4.69) is 37.4 Å². The molecule has 0 aliphatic rings. The van der Waals surface area contributed by atoms with Crippen LogP contribution in [0.3, 0.4) is 0 Å². The van der Waals surface area contributed by atoms with E-state index < -0.39 is 6.10 Å². The van der Waals surface area contributed by atoms with Crippen molar-refractivity contribution in [3.63, 3.8) is 0 Å². The number of carbonyl (C=O) groups is 1. The van der Waals surface area contributed by atoms with Gasteiger partial charge in [0.15, 0.2) is 6.10 Å². The van der Waals surface area contributed by atoms with Gasteiger partial charge >= 0.3 is 0 Å². The Balaban J connectivity index is 2.11. The molecule has 2 rings (SSSR count). The molecule has 0 saturated carbocycles. The minimum atomic E-state index is -0.493. The number of carbonyl (C=O) groups excluding carboxylic acids is 1. The minimum absolute atomic E-state index is 0.0522. The van der Waals surface area contributed by atoms with E-state index in [1.807, 2.05) is 45.9 Å². The highest BCUT2D eigenvalue weighted by molar-refractivity contribution is 5.81. The minimum Gasteiger partial charge on any atom is -0.480 e. The van der Waals surface area contributed by atoms with Gasteiger partial charge in [0.05, 0.1) is 6.04 Å². The van der Waals surface area contributed by atoms with E-state index in [1.165, 1.54) is 11.1 Å². The normalized spacial score (nSPS) is 13.2. The third-order valence-corrected chi connectivity index (χ3v) is 4.75. The molecular weight excluding hydrogens is 310 g/mol. The van der Waals surface area contributed by atoms with Gasteiger partial charge in [-0.05, 0) is 69.4 Å². The van der Waals surface area contributed by atoms with Crippen LogP contribution in [0.5, 0.6) is 5.75 Å². The second-order valence-electron chi connectivity index (χ2n) is 6.80. The molecule has 134 valence electrons. The molecule has 25 heavy (non-hydrogen) atoms. The maximum atomic E-state index is 12.7. The molecule has 2 aromatic carbocycles. The quantitative estimate of drug-likeness (QED) is 0.808. The molecular formula is C22H29NO2. The first kappa shape index (κ1) is 19.0. The SMILES string of the molecule is CC[C@@H](Oc1cccc(C)c1C)C(=O)N[C@H](C)c1cc(C)ccc1C. The van der Waals surface area contributed by atoms with Crippen LogP contribution < -0.4 is 10.1 Å². The average molecular weight is 339 g/mol. The zero-order chi connectivity index (χ0) is 18.6. The Kier molecular flexibility index (Phi) is 6.24. The first-order valence-electron chi connectivity index (χ1n) is 8.93. The molecule has 3 nitrogen and oxygen atoms in total. The fourth-order valence-corrected chi connectivity index (χ4v) is 2.94. The molecule has 0 aliphatic heterocycles. The fourth-order valence-electron chi connectivity index (χ4n) is 2.94. The lowest BCUT2D eigenvalue weighted by atomic mass is 10.00. The molecule has 0 heterocycles. The maximum absolute atomic E-state index is 12.7. The van der Waals surface area contributed by atoms with Gasteiger partial charge in [0.1, 0.15) is 5.75 Å². The number of ether oxygens (including phenoxy) is 1. The topological polar surface area (TPSA) is 38.3 Å². The Hall–Kier alpha value is -2.29. The highest BCUT2D eigenvalue weighted by Gasteiger charge is 2.22. The van der Waals surface area contributed by atoms with Gasteiger partial charge < -0.3 is 10.1 Å². The zero-order valence-electron chi connectivity index (χ0n) is 16.1. The molecule has 2 atom stereocenters. The molecule has 0 radical (unpaired) electrons. The first-order chi connectivity index (χ1) is 11.8. The van der Waals surface area contributed by atoms with Crippen LogP contribution in [0, 0.1) is 27.7 Å². The van der Waals surface area contributed by atoms with Gasteiger partial charge in [-0.25, -0.2) is 0 Å². The van der Waals surface area contributed by atoms with Crippen molar-refractivity contribution in [2.24, 2.45) is 0 Å². The fraction of sp³-hybridized carbons (Fsp3) is 0.409. The van der Waals surface area contributed by atoms with Crippen LogP contribution in [0.15, 0.2) is 36.4 Å². The van der Waals surface area contributed by atoms with Crippen LogP contribution in [-0.4, -0.2) is 12.0 Å². The van der Waals surface area contributed by atoms with E-state index in [4.69, 9.17) is 4.74 Å². The molecule has 0 unspecified atom stereocenters. The molecule has 0 aromatic heterocycles. The molecule has 1 N–H and O–H groups in total. The molecule has 2 aromatic rings. The lowest BCUT2D eigenvalue weighted by Crippen LogP contribution is -2.39. The summed E-state index contributed by atoms with van der Waals surface area (Å²) in [5.74, 6) is 0.707. The third kappa shape index (κ3) is 4.62. The first-order valence-corrected chi connectivity index (χ1v) is 8.93. The summed E-state index contributed by atoms with van der Waals surface area (Å²) >= 11 is 0. The molecule has 0 saturated heterocycles. The number of nitrogens with one attached hydrogen (secondary N) is 1. The summed E-state index contributed by atoms with van der Waals surface area (Å²) in [6.45, 7) is 12.2. The summed E-state index contributed by atoms with van der Waals surface area (Å²) in [6.07, 6.45) is 0.131. The summed E-state index contributed by atoms with van der Waals surface area (Å²) < 4.78 is 6.02. The predicted molar refractivity (Wildman–Crippen MR) is 103 cm³/mol. The third-order valence-electron chi connectivity index (χ3n) is 4.75. The number of aryl methyl sites for hydroxylation is 3. The highest BCUT2D eigenvalue weighted by Crippen LogP contribution is 2.23. The molecule has 0 spiro atoms. The van der Waals surface area contributed by atoms with Gasteiger partial charge in [-0.2, -0.15) is 0 Å². The van der Waals surface area contributed by atoms with Gasteiger partial charge in [-0.3, -0.25) is 4.79 Å². The van der Waals surface area contributed by atoms with Crippen LogP contribution in [0.1, 0.15) is 54.1 Å². The number of amides is 1. The number of hydrogen-bond acceptors (Lipinski definition) is 2. The van der Waals surface area contributed by atoms with Crippen molar-refractivity contribution in [3.8, 4) is 5.75 Å². The maximum Gasteiger partial charge on any atom is 0.261 e. The molecule has 1 amide bonds. The van der Waals surface area contributed by atoms with Crippen LogP contribution in [-0.2, 0) is 4.79 Å². The van der Waals surface area contributed by atoms with Gasteiger partial charge in [-0.1, -0.05) is 42.8 Å². The Morgan fingerprint density at radius 2 is 1.80 bits per heavy atom. The van der Waals surface area contributed by atoms with Crippen molar-refractivity contribution in [1.29, 1.82) is 0 Å². The van der Waals surface area contributed by atoms with Crippen LogP contribution >= 0.6 is 0 Å². The van der Waals surface area contributed by atoms with Crippen molar-refractivity contribution in [2.45, 2.75) is 60.1 Å². The van der Waals surface area contributed by atoms with Crippen molar-refractivity contribution in [3.05, 3.63) is 64.2 Å². The van der Waals surface area contributed by atoms with Crippen LogP contribution in [0.4, 0.5) is 0 Å². The summed E-state index contributed by atoms with van der Waals surface area (Å²) in [6, 6.07) is 12.2. The van der Waals surface area contributed by atoms with E-state index in [0.29, 0.717) is 6.42 Å². The Labute approximate surface area is 151 Å². The monoisotopic (exact) mass is 339 g/mol. The Morgan fingerprint density at radius 3 is 2.48 bits per heavy atom. The van der Waals surface area contributed by atoms with Gasteiger partial charge in [0, 0.05) is 0 Å². The second kappa shape index (κ2) is 8.19. The van der Waals surface area contributed by atoms with E-state index in [1.54, 1.807) is 0 Å². The second-order valence-corrected chi connectivity index (χ2v) is 6.80. The van der Waals surface area contributed by atoms with Crippen LogP contribution in [0.25, 0.3) is 0 Å². The van der Waals surface area contributed by atoms with E-state index in [9.17, 15) is 4.79 Å². The molecule has 0 fully saturated rings. The average Bonchev–Trinajstić information content (AvgIpc) is 2.58. The summed E-state index contributed by atoms with van der Waals surface area (Å²) in [4.78, 5) is 12.7. The van der Waals surface area contributed by atoms with E-state index in [0.717, 1.165) is 22.4 Å². The summed E-state index contributed by atoms with van der Waals surface area (Å²) in [5, 5.41) is 3.11. The van der Waals surface area contributed by atoms with Gasteiger partial charge in [-0.15, -0.1) is 0 Å². The lowest BCUT2D eigenvalue weighted by molar-refractivity contribution is -0.128. The van der Waals surface area contributed by atoms with Gasteiger partial charge in [0.25, 0.3) is 5.91 Å². The molecule has 0 bridgehead atoms. The van der Waals surface area contributed by atoms with E-state index >= 15 is 0 Å². The molecule has 0 aliphatic carbocycles. The zero-order valence-corrected chi connectivity index (χ0v) is 16.1. The van der Waals surface area contributed by atoms with Crippen molar-refractivity contribution in [1.82, 2.24) is 5.32 Å². The largest absolute Gasteiger partial charge is 0.480 e. The predicted octanol–water partition coefficient (Wildman–Crippen LogP) is 4.96. The molecule has 3 heteroatoms. The van der Waals surface area contributed by atoms with Crippen molar-refractivity contribution < 1.29 is 9.53 Å². The summed E-state index contributed by atoms with van der Waals surface area (Å²) in [7, 11) is 0. The highest BCUT2D eigenvalue weighted by atomic mass is 16.5. The van der Waals surface area contributed by atoms with Crippen molar-refractivity contribution >= 4 is 5.91 Å². The number of hydrogen-bond donors (Lipinski definition) is 1. The standard InChI is InChI=1S/C22H29NO2/c1-7-20(25-21-10-8-9-15(3)17(21)5)22(24)23-18(6)19-13-14(2)11-12-16(19)4/h8-13,18,20H,7H2,1-6H3,(H,23,24)/t18-,20-/m1/s1. The van der Waals surface area contributed by atoms with E-state index in [-0.39, 0.29) is 11.9 Å². The van der Waals surface area contributed by atoms with Crippen molar-refractivity contribution in [2.75, 3.05) is 0 Å². The summed E-state index contributed by atoms with van der Waals surface area (Å²) in [5.41, 5.74) is 5.77. The smallest absolute Gasteiger partial charge is 0.261 e.